The molecular weight excluding hydrogens is 226 g/mol. The fourth-order valence-corrected chi connectivity index (χ4v) is 2.14. The van der Waals surface area contributed by atoms with E-state index in [-0.39, 0.29) is 0 Å². The van der Waals surface area contributed by atoms with Gasteiger partial charge >= 0.3 is 0 Å². The van der Waals surface area contributed by atoms with Crippen molar-refractivity contribution in [2.75, 3.05) is 20.3 Å². The molecule has 0 aliphatic heterocycles. The summed E-state index contributed by atoms with van der Waals surface area (Å²) in [6.07, 6.45) is 7.63. The highest BCUT2D eigenvalue weighted by atomic mass is 16.5. The number of hydrogen-bond acceptors (Lipinski definition) is 3. The van der Waals surface area contributed by atoms with Crippen molar-refractivity contribution in [1.82, 2.24) is 15.1 Å². The Balaban J connectivity index is 2.32. The molecule has 4 nitrogen and oxygen atoms in total. The largest absolute Gasteiger partial charge is 0.385 e. The van der Waals surface area contributed by atoms with E-state index in [0.717, 1.165) is 26.0 Å². The van der Waals surface area contributed by atoms with Gasteiger partial charge in [-0.15, -0.1) is 0 Å². The zero-order valence-electron chi connectivity index (χ0n) is 12.0. The molecule has 0 saturated heterocycles. The molecule has 104 valence electrons. The zero-order valence-corrected chi connectivity index (χ0v) is 12.0. The Morgan fingerprint density at radius 3 is 2.89 bits per heavy atom. The van der Waals surface area contributed by atoms with E-state index in [4.69, 9.17) is 4.74 Å². The fraction of sp³-hybridized carbons (Fsp3) is 0.786. The third-order valence-electron chi connectivity index (χ3n) is 3.26. The summed E-state index contributed by atoms with van der Waals surface area (Å²) in [4.78, 5) is 0. The summed E-state index contributed by atoms with van der Waals surface area (Å²) in [6.45, 7) is 4.17. The summed E-state index contributed by atoms with van der Waals surface area (Å²) < 4.78 is 7.09. The summed E-state index contributed by atoms with van der Waals surface area (Å²) in [5.41, 5.74) is 1.31. The first kappa shape index (κ1) is 15.2. The topological polar surface area (TPSA) is 39.1 Å². The van der Waals surface area contributed by atoms with Crippen LogP contribution in [0.5, 0.6) is 0 Å². The first-order valence-electron chi connectivity index (χ1n) is 6.97. The van der Waals surface area contributed by atoms with Gasteiger partial charge in [-0.1, -0.05) is 6.92 Å². The van der Waals surface area contributed by atoms with Gasteiger partial charge in [-0.2, -0.15) is 5.10 Å². The van der Waals surface area contributed by atoms with Crippen LogP contribution in [0.15, 0.2) is 12.3 Å². The molecule has 0 amide bonds. The van der Waals surface area contributed by atoms with E-state index in [0.29, 0.717) is 6.04 Å². The number of ether oxygens (including phenoxy) is 1. The van der Waals surface area contributed by atoms with Gasteiger partial charge in [-0.3, -0.25) is 4.68 Å². The molecule has 0 bridgehead atoms. The van der Waals surface area contributed by atoms with Crippen molar-refractivity contribution in [3.8, 4) is 0 Å². The molecule has 0 aromatic carbocycles. The monoisotopic (exact) mass is 253 g/mol. The fourth-order valence-electron chi connectivity index (χ4n) is 2.14. The predicted octanol–water partition coefficient (Wildman–Crippen LogP) is 2.15. The average Bonchev–Trinajstić information content (AvgIpc) is 2.78. The minimum absolute atomic E-state index is 0.593. The van der Waals surface area contributed by atoms with E-state index in [9.17, 15) is 0 Å². The van der Waals surface area contributed by atoms with Gasteiger partial charge in [-0.25, -0.2) is 0 Å². The summed E-state index contributed by atoms with van der Waals surface area (Å²) in [7, 11) is 3.78. The maximum absolute atomic E-state index is 5.12. The minimum Gasteiger partial charge on any atom is -0.385 e. The van der Waals surface area contributed by atoms with Gasteiger partial charge < -0.3 is 10.1 Å². The smallest absolute Gasteiger partial charge is 0.0492 e. The van der Waals surface area contributed by atoms with Crippen molar-refractivity contribution >= 4 is 0 Å². The first-order valence-corrected chi connectivity index (χ1v) is 6.97. The van der Waals surface area contributed by atoms with Crippen LogP contribution in [0.3, 0.4) is 0 Å². The molecule has 1 atom stereocenters. The lowest BCUT2D eigenvalue weighted by Crippen LogP contribution is -2.30. The first-order chi connectivity index (χ1) is 8.77. The lowest BCUT2D eigenvalue weighted by Gasteiger charge is -2.18. The Bertz CT molecular complexity index is 312. The lowest BCUT2D eigenvalue weighted by atomic mass is 10.0. The van der Waals surface area contributed by atoms with Gasteiger partial charge in [0.05, 0.1) is 0 Å². The molecule has 1 heterocycles. The number of nitrogens with zero attached hydrogens (tertiary/aromatic N) is 2. The average molecular weight is 253 g/mol. The Labute approximate surface area is 111 Å². The van der Waals surface area contributed by atoms with Crippen LogP contribution in [0.2, 0.25) is 0 Å². The number of aryl methyl sites for hydroxylation is 2. The highest BCUT2D eigenvalue weighted by Gasteiger charge is 2.09. The zero-order chi connectivity index (χ0) is 13.2. The van der Waals surface area contributed by atoms with Gasteiger partial charge in [0.15, 0.2) is 0 Å². The molecule has 0 aliphatic rings. The number of aromatic nitrogens is 2. The molecule has 0 aliphatic carbocycles. The summed E-state index contributed by atoms with van der Waals surface area (Å²) in [6, 6.07) is 2.70. The van der Waals surface area contributed by atoms with Crippen LogP contribution in [-0.2, 0) is 18.2 Å². The summed E-state index contributed by atoms with van der Waals surface area (Å²) >= 11 is 0. The summed E-state index contributed by atoms with van der Waals surface area (Å²) in [5, 5.41) is 7.83. The van der Waals surface area contributed by atoms with E-state index in [1.54, 1.807) is 7.11 Å². The highest BCUT2D eigenvalue weighted by molar-refractivity contribution is 5.00. The second-order valence-electron chi connectivity index (χ2n) is 4.77. The third kappa shape index (κ3) is 5.65. The molecule has 0 spiro atoms. The highest BCUT2D eigenvalue weighted by Crippen LogP contribution is 2.08. The van der Waals surface area contributed by atoms with Crippen molar-refractivity contribution in [3.63, 3.8) is 0 Å². The predicted molar refractivity (Wildman–Crippen MR) is 74.7 cm³/mol. The molecule has 0 radical (unpaired) electrons. The Morgan fingerprint density at radius 2 is 2.28 bits per heavy atom. The molecule has 0 saturated carbocycles. The van der Waals surface area contributed by atoms with Crippen LogP contribution in [0.4, 0.5) is 0 Å². The van der Waals surface area contributed by atoms with Crippen molar-refractivity contribution in [2.24, 2.45) is 7.05 Å². The normalized spacial score (nSPS) is 12.8. The second-order valence-corrected chi connectivity index (χ2v) is 4.77. The minimum atomic E-state index is 0.593. The van der Waals surface area contributed by atoms with E-state index in [1.165, 1.54) is 25.0 Å². The summed E-state index contributed by atoms with van der Waals surface area (Å²) in [5.74, 6) is 0. The molecule has 18 heavy (non-hydrogen) atoms. The number of methoxy groups -OCH3 is 1. The van der Waals surface area contributed by atoms with E-state index >= 15 is 0 Å². The number of hydrogen-bond donors (Lipinski definition) is 1. The third-order valence-corrected chi connectivity index (χ3v) is 3.26. The van der Waals surface area contributed by atoms with Crippen LogP contribution in [-0.4, -0.2) is 36.1 Å². The van der Waals surface area contributed by atoms with Gasteiger partial charge in [0.25, 0.3) is 0 Å². The quantitative estimate of drug-likeness (QED) is 0.649. The van der Waals surface area contributed by atoms with E-state index < -0.39 is 0 Å². The molecular formula is C14H27N3O. The van der Waals surface area contributed by atoms with Gasteiger partial charge in [-0.05, 0) is 44.7 Å². The standard InChI is InChI=1S/C14H27N3O/c1-4-10-15-13(6-5-12-18-3)7-8-14-9-11-16-17(14)2/h9,11,13,15H,4-8,10,12H2,1-3H3. The second kappa shape index (κ2) is 9.11. The molecule has 1 aromatic heterocycles. The van der Waals surface area contributed by atoms with Crippen LogP contribution in [0, 0.1) is 0 Å². The van der Waals surface area contributed by atoms with Gasteiger partial charge in [0, 0.05) is 38.7 Å². The van der Waals surface area contributed by atoms with Gasteiger partial charge in [0.2, 0.25) is 0 Å². The molecule has 1 aromatic rings. The molecule has 0 fully saturated rings. The van der Waals surface area contributed by atoms with Crippen molar-refractivity contribution in [2.45, 2.75) is 45.1 Å². The van der Waals surface area contributed by atoms with Crippen LogP contribution in [0.1, 0.15) is 38.3 Å². The molecule has 1 N–H and O–H groups in total. The Hall–Kier alpha value is -0.870. The van der Waals surface area contributed by atoms with Crippen LogP contribution >= 0.6 is 0 Å². The van der Waals surface area contributed by atoms with Crippen LogP contribution in [0.25, 0.3) is 0 Å². The maximum Gasteiger partial charge on any atom is 0.0492 e. The van der Waals surface area contributed by atoms with Crippen LogP contribution < -0.4 is 5.32 Å². The van der Waals surface area contributed by atoms with E-state index in [1.807, 2.05) is 17.9 Å². The van der Waals surface area contributed by atoms with E-state index in [2.05, 4.69) is 23.4 Å². The Morgan fingerprint density at radius 1 is 1.44 bits per heavy atom. The Kier molecular flexibility index (Phi) is 7.69. The molecule has 1 unspecified atom stereocenters. The molecule has 1 rings (SSSR count). The number of rotatable bonds is 10. The lowest BCUT2D eigenvalue weighted by molar-refractivity contribution is 0.188. The molecule has 4 heteroatoms. The van der Waals surface area contributed by atoms with Crippen molar-refractivity contribution in [1.29, 1.82) is 0 Å². The van der Waals surface area contributed by atoms with Crippen molar-refractivity contribution < 1.29 is 4.74 Å². The van der Waals surface area contributed by atoms with Crippen molar-refractivity contribution in [3.05, 3.63) is 18.0 Å². The maximum atomic E-state index is 5.12. The van der Waals surface area contributed by atoms with Gasteiger partial charge in [0.1, 0.15) is 0 Å². The number of nitrogens with one attached hydrogen (secondary N) is 1. The SMILES string of the molecule is CCCNC(CCCOC)CCc1ccnn1C.